The van der Waals surface area contributed by atoms with Crippen LogP contribution in [0.15, 0.2) is 162 Å². The van der Waals surface area contributed by atoms with Crippen LogP contribution in [0.1, 0.15) is 0 Å². The van der Waals surface area contributed by atoms with Crippen molar-refractivity contribution < 1.29 is 73.5 Å². The minimum atomic E-state index is -4.50. The van der Waals surface area contributed by atoms with E-state index in [1.807, 2.05) is 0 Å². The minimum Gasteiger partial charge on any atom is -0.744 e. The van der Waals surface area contributed by atoms with Gasteiger partial charge in [-0.1, -0.05) is 48.5 Å². The van der Waals surface area contributed by atoms with Gasteiger partial charge in [-0.3, -0.25) is 67.5 Å². The molecule has 8 aromatic rings. The topological polar surface area (TPSA) is 539 Å². The second-order valence-corrected chi connectivity index (χ2v) is 22.4. The van der Waals surface area contributed by atoms with Gasteiger partial charge in [-0.05, 0) is 117 Å². The van der Waals surface area contributed by atoms with Gasteiger partial charge in [-0.15, -0.1) is 45.3 Å². The summed E-state index contributed by atoms with van der Waals surface area (Å²) in [5.41, 5.74) is 39.0. The van der Waals surface area contributed by atoms with E-state index in [1.165, 1.54) is 67.3 Å². The number of rotatable bonds is 6. The van der Waals surface area contributed by atoms with Gasteiger partial charge in [0.1, 0.15) is 40.5 Å². The van der Waals surface area contributed by atoms with Gasteiger partial charge in [0.25, 0.3) is 0 Å². The molecule has 0 saturated carbocycles. The molecule has 0 spiro atoms. The van der Waals surface area contributed by atoms with E-state index >= 15 is 0 Å². The summed E-state index contributed by atoms with van der Waals surface area (Å²) in [6.45, 7) is 0. The molecule has 4 heterocycles. The maximum absolute atomic E-state index is 10.8. The minimum absolute atomic E-state index is 0.0833. The Kier molecular flexibility index (Phi) is 25.6. The fourth-order valence-electron chi connectivity index (χ4n) is 4.65. The number of fused-ring (bicyclic) bond motifs is 2. The molecule has 0 aliphatic heterocycles. The molecule has 4 aromatic carbocycles. The molecule has 0 radical (unpaired) electrons. The Morgan fingerprint density at radius 2 is 0.417 bits per heavy atom. The monoisotopic (exact) mass is 1140 g/mol. The zero-order valence-corrected chi connectivity index (χ0v) is 43.5. The Morgan fingerprint density at radius 3 is 0.528 bits per heavy atom. The SMILES string of the molecule is NC(N)=[NH2+].NC(N)=[NH2+].NC(N)=[NH2+].NC(N)=[NH2+].O=S(=O)([O-])c1ccc(-c2ccc(S(=O)(=O)[O-])cc2)cc1.O=S(=O)([O-])c1ccc(-c2ccc(S(=O)(=O)[O-])cc2)cc1.c1cc2sccc2s1.c1cc2sccc2s1. The summed E-state index contributed by atoms with van der Waals surface area (Å²) >= 11 is 7.22. The fraction of sp³-hybridized carbons (Fsp3) is 0. The maximum atomic E-state index is 10.8. The van der Waals surface area contributed by atoms with E-state index in [4.69, 9.17) is 0 Å². The van der Waals surface area contributed by atoms with Gasteiger partial charge in [-0.25, -0.2) is 33.7 Å². The summed E-state index contributed by atoms with van der Waals surface area (Å²) in [6, 6.07) is 29.3. The molecule has 0 amide bonds. The fourth-order valence-corrected chi connectivity index (χ4v) is 10.2. The average molecular weight is 1150 g/mol. The van der Waals surface area contributed by atoms with E-state index in [0.29, 0.717) is 22.3 Å². The summed E-state index contributed by atoms with van der Waals surface area (Å²) in [6.07, 6.45) is 0. The third kappa shape index (κ3) is 25.7. The van der Waals surface area contributed by atoms with Crippen LogP contribution in [0, 0.1) is 0 Å². The summed E-state index contributed by atoms with van der Waals surface area (Å²) in [4.78, 5) is -1.39. The highest BCUT2D eigenvalue weighted by atomic mass is 32.2. The van der Waals surface area contributed by atoms with Crippen LogP contribution in [0.3, 0.4) is 0 Å². The lowest BCUT2D eigenvalue weighted by atomic mass is 10.1. The summed E-state index contributed by atoms with van der Waals surface area (Å²) in [5, 5.41) is 26.8. The second-order valence-electron chi connectivity index (χ2n) is 13.1. The zero-order valence-electron chi connectivity index (χ0n) is 36.9. The number of hydrogen-bond acceptors (Lipinski definition) is 16. The number of benzene rings is 4. The predicted molar refractivity (Wildman–Crippen MR) is 276 cm³/mol. The van der Waals surface area contributed by atoms with Crippen LogP contribution in [0.2, 0.25) is 0 Å². The van der Waals surface area contributed by atoms with Crippen molar-refractivity contribution in [2.75, 3.05) is 0 Å². The molecular weight excluding hydrogens is 1100 g/mol. The normalized spacial score (nSPS) is 10.5. The molecule has 0 aliphatic carbocycles. The van der Waals surface area contributed by atoms with E-state index in [-0.39, 0.29) is 43.4 Å². The smallest absolute Gasteiger partial charge is 0.336 e. The van der Waals surface area contributed by atoms with Gasteiger partial charge < -0.3 is 18.2 Å². The first-order chi connectivity index (χ1) is 33.2. The lowest BCUT2D eigenvalue weighted by Gasteiger charge is -2.09. The van der Waals surface area contributed by atoms with Gasteiger partial charge in [0.2, 0.25) is 0 Å². The number of thiophene rings is 4. The van der Waals surface area contributed by atoms with Gasteiger partial charge in [0, 0.05) is 18.8 Å². The van der Waals surface area contributed by atoms with Crippen molar-refractivity contribution in [1.82, 2.24) is 0 Å². The van der Waals surface area contributed by atoms with E-state index in [2.05, 4.69) is 113 Å². The molecule has 0 aliphatic rings. The van der Waals surface area contributed by atoms with E-state index < -0.39 is 40.5 Å². The predicted octanol–water partition coefficient (Wildman–Crippen LogP) is -3.68. The molecule has 72 heavy (non-hydrogen) atoms. The van der Waals surface area contributed by atoms with Gasteiger partial charge in [0.05, 0.1) is 19.6 Å². The highest BCUT2D eigenvalue weighted by Gasteiger charge is 2.06. The molecule has 0 atom stereocenters. The first-order valence-electron chi connectivity index (χ1n) is 18.8. The van der Waals surface area contributed by atoms with Crippen LogP contribution >= 0.6 is 45.3 Å². The third-order valence-corrected chi connectivity index (χ3v) is 14.6. The van der Waals surface area contributed by atoms with Crippen molar-refractivity contribution in [1.29, 1.82) is 0 Å². The van der Waals surface area contributed by atoms with Crippen molar-refractivity contribution in [3.63, 3.8) is 0 Å². The van der Waals surface area contributed by atoms with Crippen molar-refractivity contribution in [3.8, 4) is 22.3 Å². The molecule has 8 rings (SSSR count). The van der Waals surface area contributed by atoms with Crippen molar-refractivity contribution >= 4 is 128 Å². The summed E-state index contributed by atoms with van der Waals surface area (Å²) < 4.78 is 135. The molecule has 4 aromatic heterocycles. The van der Waals surface area contributed by atoms with Crippen molar-refractivity contribution in [3.05, 3.63) is 143 Å². The highest BCUT2D eigenvalue weighted by molar-refractivity contribution is 7.86. The lowest BCUT2D eigenvalue weighted by molar-refractivity contribution is -0.117. The Hall–Kier alpha value is -7.08. The molecule has 24 N–H and O–H groups in total. The van der Waals surface area contributed by atoms with Crippen LogP contribution < -0.4 is 67.5 Å². The molecule has 24 nitrogen and oxygen atoms in total. The molecular formula is C40H48N12O12S8. The van der Waals surface area contributed by atoms with Crippen LogP contribution in [0.4, 0.5) is 0 Å². The Bertz CT molecular complexity index is 2930. The average Bonchev–Trinajstić information content (AvgIpc) is 4.08. The standard InChI is InChI=1S/2C12H10O6S2.2C6H4S2.4CH5N3/c2*13-19(14,15)11-5-1-9(2-6-11)10-3-7-12(8-4-10)20(16,17)18;2*1-3-7-6-2-4-8-5(1)6;4*2-1(3)4/h2*1-8H,(H,13,14,15)(H,16,17,18);2*1-4H;4*(H5,2,3,4). The zero-order chi connectivity index (χ0) is 55.0. The van der Waals surface area contributed by atoms with Crippen molar-refractivity contribution in [2.45, 2.75) is 19.6 Å². The molecule has 32 heteroatoms. The molecule has 0 bridgehead atoms. The van der Waals surface area contributed by atoms with Crippen LogP contribution in [0.25, 0.3) is 41.1 Å². The molecule has 388 valence electrons. The third-order valence-electron chi connectivity index (χ3n) is 7.38. The quantitative estimate of drug-likeness (QED) is 0.0433. The van der Waals surface area contributed by atoms with Crippen LogP contribution in [-0.2, 0) is 40.5 Å². The van der Waals surface area contributed by atoms with Crippen LogP contribution in [0.5, 0.6) is 0 Å². The van der Waals surface area contributed by atoms with E-state index in [0.717, 1.165) is 48.5 Å². The first kappa shape index (κ1) is 62.9. The summed E-state index contributed by atoms with van der Waals surface area (Å²) in [5.74, 6) is -0.333. The number of nitrogens with two attached hydrogens (primary N) is 12. The largest absolute Gasteiger partial charge is 0.744 e. The number of hydrogen-bond donors (Lipinski definition) is 12. The lowest BCUT2D eigenvalue weighted by Crippen LogP contribution is -2.51. The molecule has 0 unspecified atom stereocenters. The maximum Gasteiger partial charge on any atom is 0.336 e. The van der Waals surface area contributed by atoms with Crippen molar-refractivity contribution in [2.24, 2.45) is 45.9 Å². The summed E-state index contributed by atoms with van der Waals surface area (Å²) in [7, 11) is -18.0. The number of guanidine groups is 4. The Morgan fingerprint density at radius 1 is 0.292 bits per heavy atom. The van der Waals surface area contributed by atoms with Gasteiger partial charge in [-0.2, -0.15) is 0 Å². The van der Waals surface area contributed by atoms with E-state index in [1.54, 1.807) is 45.3 Å². The molecule has 0 fully saturated rings. The Balaban J connectivity index is 0.000000456. The van der Waals surface area contributed by atoms with Crippen LogP contribution in [-0.4, -0.2) is 75.7 Å². The molecule has 0 saturated heterocycles. The first-order valence-corrected chi connectivity index (χ1v) is 28.0. The Labute approximate surface area is 429 Å². The van der Waals surface area contributed by atoms with Gasteiger partial charge >= 0.3 is 23.8 Å². The van der Waals surface area contributed by atoms with Gasteiger partial charge in [0.15, 0.2) is 0 Å². The highest BCUT2D eigenvalue weighted by Crippen LogP contribution is 2.27. The second kappa shape index (κ2) is 29.3. The van der Waals surface area contributed by atoms with E-state index in [9.17, 15) is 51.9 Å².